The van der Waals surface area contributed by atoms with Crippen LogP contribution in [0.5, 0.6) is 0 Å². The first kappa shape index (κ1) is 15.7. The number of nitrogens with two attached hydrogens (primary N) is 1. The van der Waals surface area contributed by atoms with E-state index in [1.54, 1.807) is 0 Å². The summed E-state index contributed by atoms with van der Waals surface area (Å²) in [6.07, 6.45) is 5.16. The minimum absolute atomic E-state index is 0.224. The third kappa shape index (κ3) is 3.52. The molecule has 0 fully saturated rings. The molecular formula is C17H26N4. The number of rotatable bonds is 7. The molecule has 1 aromatic heterocycles. The Morgan fingerprint density at radius 2 is 1.95 bits per heavy atom. The molecular weight excluding hydrogens is 260 g/mol. The highest BCUT2D eigenvalue weighted by Crippen LogP contribution is 2.23. The molecule has 2 rings (SSSR count). The van der Waals surface area contributed by atoms with Crippen molar-refractivity contribution in [2.75, 3.05) is 13.1 Å². The van der Waals surface area contributed by atoms with Crippen LogP contribution >= 0.6 is 0 Å². The molecule has 2 aromatic rings. The van der Waals surface area contributed by atoms with Gasteiger partial charge < -0.3 is 5.73 Å². The molecule has 2 unspecified atom stereocenters. The molecule has 21 heavy (non-hydrogen) atoms. The Balaban J connectivity index is 2.25. The molecule has 0 radical (unpaired) electrons. The van der Waals surface area contributed by atoms with Crippen molar-refractivity contribution in [1.29, 1.82) is 0 Å². The van der Waals surface area contributed by atoms with Crippen molar-refractivity contribution in [1.82, 2.24) is 14.7 Å². The van der Waals surface area contributed by atoms with Crippen molar-refractivity contribution in [2.24, 2.45) is 5.73 Å². The molecule has 114 valence electrons. The Labute approximate surface area is 127 Å². The Hall–Kier alpha value is -1.65. The van der Waals surface area contributed by atoms with E-state index in [9.17, 15) is 0 Å². The molecule has 1 heterocycles. The molecule has 0 aliphatic carbocycles. The Morgan fingerprint density at radius 1 is 1.24 bits per heavy atom. The highest BCUT2D eigenvalue weighted by Gasteiger charge is 2.23. The lowest BCUT2D eigenvalue weighted by Gasteiger charge is -2.34. The van der Waals surface area contributed by atoms with Crippen molar-refractivity contribution >= 4 is 0 Å². The summed E-state index contributed by atoms with van der Waals surface area (Å²) in [4.78, 5) is 2.45. The minimum Gasteiger partial charge on any atom is -0.329 e. The molecule has 0 bridgehead atoms. The predicted octanol–water partition coefficient (Wildman–Crippen LogP) is 2.99. The number of hydrogen-bond acceptors (Lipinski definition) is 3. The second-order valence-electron chi connectivity index (χ2n) is 5.39. The summed E-state index contributed by atoms with van der Waals surface area (Å²) in [6.45, 7) is 8.27. The largest absolute Gasteiger partial charge is 0.329 e. The molecule has 0 saturated carbocycles. The van der Waals surface area contributed by atoms with Gasteiger partial charge in [0.15, 0.2) is 0 Å². The zero-order chi connectivity index (χ0) is 15.2. The van der Waals surface area contributed by atoms with Gasteiger partial charge in [0.05, 0.1) is 17.9 Å². The topological polar surface area (TPSA) is 47.1 Å². The Bertz CT molecular complexity index is 535. The summed E-state index contributed by atoms with van der Waals surface area (Å²) in [7, 11) is 0. The van der Waals surface area contributed by atoms with Crippen LogP contribution in [-0.2, 0) is 0 Å². The molecule has 0 aliphatic heterocycles. The predicted molar refractivity (Wildman–Crippen MR) is 87.5 cm³/mol. The van der Waals surface area contributed by atoms with Crippen LogP contribution in [0, 0.1) is 0 Å². The lowest BCUT2D eigenvalue weighted by atomic mass is 10.1. The highest BCUT2D eigenvalue weighted by atomic mass is 15.3. The molecule has 0 aliphatic rings. The summed E-state index contributed by atoms with van der Waals surface area (Å²) >= 11 is 0. The third-order valence-corrected chi connectivity index (χ3v) is 4.15. The SMILES string of the molecule is CCC(C)N(CC)C(CN)c1cnn(-c2ccccc2)c1. The van der Waals surface area contributed by atoms with Crippen molar-refractivity contribution in [3.8, 4) is 5.69 Å². The number of aromatic nitrogens is 2. The lowest BCUT2D eigenvalue weighted by Crippen LogP contribution is -2.39. The fourth-order valence-corrected chi connectivity index (χ4v) is 2.77. The van der Waals surface area contributed by atoms with E-state index in [1.165, 1.54) is 5.56 Å². The van der Waals surface area contributed by atoms with Crippen LogP contribution in [-0.4, -0.2) is 33.8 Å². The first-order chi connectivity index (χ1) is 10.2. The van der Waals surface area contributed by atoms with Gasteiger partial charge in [-0.05, 0) is 32.0 Å². The summed E-state index contributed by atoms with van der Waals surface area (Å²) in [6, 6.07) is 10.9. The van der Waals surface area contributed by atoms with Crippen molar-refractivity contribution in [2.45, 2.75) is 39.3 Å². The molecule has 4 heteroatoms. The van der Waals surface area contributed by atoms with E-state index in [1.807, 2.05) is 29.1 Å². The fourth-order valence-electron chi connectivity index (χ4n) is 2.77. The van der Waals surface area contributed by atoms with Gasteiger partial charge in [0.2, 0.25) is 0 Å². The third-order valence-electron chi connectivity index (χ3n) is 4.15. The maximum absolute atomic E-state index is 6.04. The van der Waals surface area contributed by atoms with Crippen LogP contribution < -0.4 is 5.73 Å². The summed E-state index contributed by atoms with van der Waals surface area (Å²) in [5.74, 6) is 0. The number of para-hydroxylation sites is 1. The maximum atomic E-state index is 6.04. The van der Waals surface area contributed by atoms with E-state index in [0.717, 1.165) is 18.7 Å². The fraction of sp³-hybridized carbons (Fsp3) is 0.471. The monoisotopic (exact) mass is 286 g/mol. The zero-order valence-corrected chi connectivity index (χ0v) is 13.2. The van der Waals surface area contributed by atoms with Gasteiger partial charge in [0.1, 0.15) is 0 Å². The van der Waals surface area contributed by atoms with Crippen molar-refractivity contribution in [3.63, 3.8) is 0 Å². The standard InChI is InChI=1S/C17H26N4/c1-4-14(3)20(5-2)17(11-18)15-12-19-21(13-15)16-9-7-6-8-10-16/h6-10,12-14,17H,4-5,11,18H2,1-3H3. The Morgan fingerprint density at radius 3 is 2.52 bits per heavy atom. The molecule has 1 aromatic carbocycles. The first-order valence-electron chi connectivity index (χ1n) is 7.77. The van der Waals surface area contributed by atoms with E-state index in [0.29, 0.717) is 12.6 Å². The van der Waals surface area contributed by atoms with E-state index in [4.69, 9.17) is 5.73 Å². The van der Waals surface area contributed by atoms with Crippen molar-refractivity contribution in [3.05, 3.63) is 48.3 Å². The second kappa shape index (κ2) is 7.38. The van der Waals surface area contributed by atoms with Gasteiger partial charge >= 0.3 is 0 Å². The second-order valence-corrected chi connectivity index (χ2v) is 5.39. The summed E-state index contributed by atoms with van der Waals surface area (Å²) in [5, 5.41) is 4.49. The van der Waals surface area contributed by atoms with Gasteiger partial charge in [-0.15, -0.1) is 0 Å². The van der Waals surface area contributed by atoms with E-state index in [2.05, 4.69) is 49.1 Å². The van der Waals surface area contributed by atoms with E-state index in [-0.39, 0.29) is 6.04 Å². The average Bonchev–Trinajstić information content (AvgIpc) is 3.02. The van der Waals surface area contributed by atoms with Crippen LogP contribution in [0.4, 0.5) is 0 Å². The smallest absolute Gasteiger partial charge is 0.0645 e. The van der Waals surface area contributed by atoms with Gasteiger partial charge in [0, 0.05) is 24.3 Å². The van der Waals surface area contributed by atoms with Crippen LogP contribution in [0.2, 0.25) is 0 Å². The molecule has 0 amide bonds. The summed E-state index contributed by atoms with van der Waals surface area (Å²) in [5.41, 5.74) is 8.30. The molecule has 4 nitrogen and oxygen atoms in total. The number of hydrogen-bond donors (Lipinski definition) is 1. The first-order valence-corrected chi connectivity index (χ1v) is 7.77. The number of benzene rings is 1. The average molecular weight is 286 g/mol. The van der Waals surface area contributed by atoms with Gasteiger partial charge in [0.25, 0.3) is 0 Å². The van der Waals surface area contributed by atoms with Crippen LogP contribution in [0.15, 0.2) is 42.7 Å². The number of nitrogens with zero attached hydrogens (tertiary/aromatic N) is 3. The maximum Gasteiger partial charge on any atom is 0.0645 e. The van der Waals surface area contributed by atoms with Crippen LogP contribution in [0.3, 0.4) is 0 Å². The highest BCUT2D eigenvalue weighted by molar-refractivity contribution is 5.31. The molecule has 2 atom stereocenters. The molecule has 2 N–H and O–H groups in total. The van der Waals surface area contributed by atoms with Crippen LogP contribution in [0.25, 0.3) is 5.69 Å². The molecule has 0 spiro atoms. The lowest BCUT2D eigenvalue weighted by molar-refractivity contribution is 0.152. The van der Waals surface area contributed by atoms with Gasteiger partial charge in [-0.2, -0.15) is 5.10 Å². The van der Waals surface area contributed by atoms with Gasteiger partial charge in [-0.25, -0.2) is 4.68 Å². The number of likely N-dealkylation sites (N-methyl/N-ethyl adjacent to an activating group) is 1. The van der Waals surface area contributed by atoms with E-state index < -0.39 is 0 Å². The zero-order valence-electron chi connectivity index (χ0n) is 13.2. The van der Waals surface area contributed by atoms with Gasteiger partial charge in [-0.1, -0.05) is 32.0 Å². The quantitative estimate of drug-likeness (QED) is 0.851. The Kier molecular flexibility index (Phi) is 5.53. The van der Waals surface area contributed by atoms with Crippen LogP contribution in [0.1, 0.15) is 38.8 Å². The normalized spacial score (nSPS) is 14.3. The minimum atomic E-state index is 0.224. The van der Waals surface area contributed by atoms with E-state index >= 15 is 0 Å². The molecule has 0 saturated heterocycles. The van der Waals surface area contributed by atoms with Crippen molar-refractivity contribution < 1.29 is 0 Å². The van der Waals surface area contributed by atoms with Gasteiger partial charge in [-0.3, -0.25) is 4.90 Å². The summed E-state index contributed by atoms with van der Waals surface area (Å²) < 4.78 is 1.92.